The Bertz CT molecular complexity index is 1090. The van der Waals surface area contributed by atoms with Gasteiger partial charge in [-0.05, 0) is 31.5 Å². The highest BCUT2D eigenvalue weighted by Crippen LogP contribution is 2.34. The number of nitrogens with zero attached hydrogens (tertiary/aromatic N) is 4. The zero-order valence-corrected chi connectivity index (χ0v) is 17.2. The number of hydrogen-bond acceptors (Lipinski definition) is 6. The fourth-order valence-electron chi connectivity index (χ4n) is 4.05. The first-order chi connectivity index (χ1) is 14.3. The highest BCUT2D eigenvalue weighted by atomic mass is 32.1. The fraction of sp³-hybridized carbons (Fsp3) is 0.333. The zero-order valence-electron chi connectivity index (χ0n) is 16.3. The summed E-state index contributed by atoms with van der Waals surface area (Å²) in [7, 11) is 1.68. The molecule has 0 spiro atoms. The van der Waals surface area contributed by atoms with E-state index in [-0.39, 0.29) is 0 Å². The van der Waals surface area contributed by atoms with Crippen molar-refractivity contribution >= 4 is 27.8 Å². The van der Waals surface area contributed by atoms with Crippen molar-refractivity contribution in [2.75, 3.05) is 25.5 Å². The van der Waals surface area contributed by atoms with Crippen molar-refractivity contribution in [2.24, 2.45) is 0 Å². The molecule has 0 amide bonds. The number of aromatic amines is 1. The molecule has 1 aliphatic heterocycles. The van der Waals surface area contributed by atoms with Gasteiger partial charge in [0.1, 0.15) is 16.4 Å². The maximum absolute atomic E-state index is 5.34. The first kappa shape index (κ1) is 18.2. The lowest BCUT2D eigenvalue weighted by atomic mass is 9.95. The lowest BCUT2D eigenvalue weighted by Gasteiger charge is -2.31. The van der Waals surface area contributed by atoms with Gasteiger partial charge in [0.05, 0.1) is 19.3 Å². The number of likely N-dealkylation sites (tertiary alicyclic amines) is 1. The molecule has 1 unspecified atom stereocenters. The first-order valence-corrected chi connectivity index (χ1v) is 10.8. The molecule has 5 rings (SSSR count). The second-order valence-electron chi connectivity index (χ2n) is 7.37. The molecule has 4 heterocycles. The van der Waals surface area contributed by atoms with Crippen molar-refractivity contribution in [3.63, 3.8) is 0 Å². The van der Waals surface area contributed by atoms with Crippen LogP contribution in [0.2, 0.25) is 0 Å². The van der Waals surface area contributed by atoms with E-state index in [0.29, 0.717) is 5.92 Å². The van der Waals surface area contributed by atoms with Gasteiger partial charge in [0, 0.05) is 48.2 Å². The van der Waals surface area contributed by atoms with Gasteiger partial charge in [0.15, 0.2) is 0 Å². The number of thiazole rings is 1. The van der Waals surface area contributed by atoms with Crippen LogP contribution in [0.5, 0.6) is 5.75 Å². The molecule has 29 heavy (non-hydrogen) atoms. The van der Waals surface area contributed by atoms with E-state index in [0.717, 1.165) is 49.3 Å². The summed E-state index contributed by atoms with van der Waals surface area (Å²) in [4.78, 5) is 16.3. The highest BCUT2D eigenvalue weighted by molar-refractivity contribution is 7.15. The van der Waals surface area contributed by atoms with Gasteiger partial charge in [-0.2, -0.15) is 0 Å². The van der Waals surface area contributed by atoms with Crippen molar-refractivity contribution in [3.05, 3.63) is 59.8 Å². The second kappa shape index (κ2) is 7.88. The van der Waals surface area contributed by atoms with E-state index in [1.165, 1.54) is 16.9 Å². The molecule has 0 saturated carbocycles. The number of fused-ring (bicyclic) bond motifs is 1. The van der Waals surface area contributed by atoms with Crippen LogP contribution in [-0.2, 0) is 6.54 Å². The minimum atomic E-state index is 0.424. The van der Waals surface area contributed by atoms with Crippen molar-refractivity contribution < 1.29 is 4.74 Å². The quantitative estimate of drug-likeness (QED) is 0.499. The molecule has 7 nitrogen and oxygen atoms in total. The smallest absolute Gasteiger partial charge is 0.213 e. The standard InChI is InChI=1S/C21H24N6OS/c1-28-17-6-2-5-16(12-17)24-21-25-19(20-27(21)10-11-29-20)15-4-3-9-26(13-15)14-18-22-7-8-23-18/h2,5-8,10-12,15H,3-4,9,13-14H2,1H3,(H,22,23)(H,24,25). The van der Waals surface area contributed by atoms with Crippen molar-refractivity contribution in [2.45, 2.75) is 25.3 Å². The molecule has 4 aromatic rings. The molecule has 1 saturated heterocycles. The molecule has 8 heteroatoms. The topological polar surface area (TPSA) is 70.5 Å². The van der Waals surface area contributed by atoms with Crippen LogP contribution in [0, 0.1) is 0 Å². The molecular weight excluding hydrogens is 384 g/mol. The zero-order chi connectivity index (χ0) is 19.6. The van der Waals surface area contributed by atoms with Crippen molar-refractivity contribution in [3.8, 4) is 5.75 Å². The largest absolute Gasteiger partial charge is 0.497 e. The van der Waals surface area contributed by atoms with E-state index in [1.54, 1.807) is 18.4 Å². The Morgan fingerprint density at radius 3 is 3.21 bits per heavy atom. The average Bonchev–Trinajstić information content (AvgIpc) is 3.48. The number of aromatic nitrogens is 4. The molecule has 3 aromatic heterocycles. The van der Waals surface area contributed by atoms with Crippen LogP contribution in [-0.4, -0.2) is 44.5 Å². The SMILES string of the molecule is COc1cccc(Nc2nc(C3CCCN(Cc4ncc[nH]4)C3)c3sccn23)c1. The predicted octanol–water partition coefficient (Wildman–Crippen LogP) is 4.25. The molecule has 0 radical (unpaired) electrons. The molecule has 0 aliphatic carbocycles. The van der Waals surface area contributed by atoms with Gasteiger partial charge in [-0.1, -0.05) is 6.07 Å². The van der Waals surface area contributed by atoms with Crippen LogP contribution >= 0.6 is 11.3 Å². The van der Waals surface area contributed by atoms with E-state index < -0.39 is 0 Å². The Morgan fingerprint density at radius 2 is 2.34 bits per heavy atom. The fourth-order valence-corrected chi connectivity index (χ4v) is 4.95. The molecular formula is C21H24N6OS. The Kier molecular flexibility index (Phi) is 4.95. The molecule has 1 atom stereocenters. The van der Waals surface area contributed by atoms with Gasteiger partial charge in [-0.3, -0.25) is 9.30 Å². The van der Waals surface area contributed by atoms with Gasteiger partial charge in [0.2, 0.25) is 5.95 Å². The molecule has 150 valence electrons. The lowest BCUT2D eigenvalue weighted by Crippen LogP contribution is -2.34. The van der Waals surface area contributed by atoms with Crippen LogP contribution in [0.3, 0.4) is 0 Å². The number of piperidine rings is 1. The summed E-state index contributed by atoms with van der Waals surface area (Å²) in [6.45, 7) is 2.97. The van der Waals surface area contributed by atoms with Gasteiger partial charge in [-0.15, -0.1) is 11.3 Å². The number of methoxy groups -OCH3 is 1. The molecule has 2 N–H and O–H groups in total. The number of H-pyrrole nitrogens is 1. The lowest BCUT2D eigenvalue weighted by molar-refractivity contribution is 0.195. The summed E-state index contributed by atoms with van der Waals surface area (Å²) in [5.41, 5.74) is 2.16. The van der Waals surface area contributed by atoms with Crippen LogP contribution in [0.1, 0.15) is 30.3 Å². The van der Waals surface area contributed by atoms with E-state index in [2.05, 4.69) is 36.2 Å². The molecule has 1 aliphatic rings. The minimum Gasteiger partial charge on any atom is -0.497 e. The second-order valence-corrected chi connectivity index (χ2v) is 8.26. The summed E-state index contributed by atoms with van der Waals surface area (Å²) in [6, 6.07) is 7.94. The number of imidazole rings is 2. The summed E-state index contributed by atoms with van der Waals surface area (Å²) < 4.78 is 7.50. The third-order valence-corrected chi connectivity index (χ3v) is 6.32. The third kappa shape index (κ3) is 3.73. The molecule has 0 bridgehead atoms. The average molecular weight is 409 g/mol. The normalized spacial score (nSPS) is 17.6. The maximum Gasteiger partial charge on any atom is 0.213 e. The monoisotopic (exact) mass is 408 g/mol. The van der Waals surface area contributed by atoms with Crippen molar-refractivity contribution in [1.82, 2.24) is 24.3 Å². The minimum absolute atomic E-state index is 0.424. The summed E-state index contributed by atoms with van der Waals surface area (Å²) in [5.74, 6) is 3.13. The van der Waals surface area contributed by atoms with E-state index in [9.17, 15) is 0 Å². The van der Waals surface area contributed by atoms with Gasteiger partial charge < -0.3 is 15.0 Å². The predicted molar refractivity (Wildman–Crippen MR) is 115 cm³/mol. The maximum atomic E-state index is 5.34. The summed E-state index contributed by atoms with van der Waals surface area (Å²) >= 11 is 1.75. The number of rotatable bonds is 6. The summed E-state index contributed by atoms with van der Waals surface area (Å²) in [5, 5.41) is 5.59. The Labute approximate surface area is 173 Å². The molecule has 1 aromatic carbocycles. The Hall–Kier alpha value is -2.84. The summed E-state index contributed by atoms with van der Waals surface area (Å²) in [6.07, 6.45) is 8.13. The number of ether oxygens (including phenoxy) is 1. The molecule has 1 fully saturated rings. The van der Waals surface area contributed by atoms with Gasteiger partial charge >= 0.3 is 0 Å². The number of benzene rings is 1. The van der Waals surface area contributed by atoms with Crippen LogP contribution in [0.25, 0.3) is 4.83 Å². The first-order valence-electron chi connectivity index (χ1n) is 9.87. The van der Waals surface area contributed by atoms with Crippen LogP contribution < -0.4 is 10.1 Å². The van der Waals surface area contributed by atoms with Crippen LogP contribution in [0.15, 0.2) is 48.2 Å². The number of anilines is 2. The van der Waals surface area contributed by atoms with Crippen LogP contribution in [0.4, 0.5) is 11.6 Å². The Balaban J connectivity index is 1.39. The van der Waals surface area contributed by atoms with E-state index >= 15 is 0 Å². The highest BCUT2D eigenvalue weighted by Gasteiger charge is 2.27. The Morgan fingerprint density at radius 1 is 1.38 bits per heavy atom. The van der Waals surface area contributed by atoms with E-state index in [1.807, 2.05) is 36.7 Å². The van der Waals surface area contributed by atoms with Gasteiger partial charge in [0.25, 0.3) is 0 Å². The number of nitrogens with one attached hydrogen (secondary N) is 2. The number of hydrogen-bond donors (Lipinski definition) is 2. The van der Waals surface area contributed by atoms with Crippen molar-refractivity contribution in [1.29, 1.82) is 0 Å². The van der Waals surface area contributed by atoms with E-state index in [4.69, 9.17) is 9.72 Å². The third-order valence-electron chi connectivity index (χ3n) is 5.43. The van der Waals surface area contributed by atoms with Gasteiger partial charge in [-0.25, -0.2) is 9.97 Å².